The molecule has 2 rings (SSSR count). The molecule has 3 heteroatoms. The van der Waals surface area contributed by atoms with Crippen LogP contribution in [-0.4, -0.2) is 19.8 Å². The molecule has 0 aromatic heterocycles. The number of benzene rings is 1. The minimum absolute atomic E-state index is 0.341. The van der Waals surface area contributed by atoms with E-state index in [9.17, 15) is 0 Å². The van der Waals surface area contributed by atoms with E-state index in [4.69, 9.17) is 15.2 Å². The Kier molecular flexibility index (Phi) is 3.89. The number of nitrogens with two attached hydrogens (primary N) is 1. The molecule has 1 aliphatic rings. The van der Waals surface area contributed by atoms with Gasteiger partial charge >= 0.3 is 0 Å². The Morgan fingerprint density at radius 3 is 2.35 bits per heavy atom. The van der Waals surface area contributed by atoms with E-state index < -0.39 is 0 Å². The van der Waals surface area contributed by atoms with Gasteiger partial charge in [0.2, 0.25) is 0 Å². The Bertz CT molecular complexity index is 361. The number of hydrogen-bond acceptors (Lipinski definition) is 3. The summed E-state index contributed by atoms with van der Waals surface area (Å²) in [5.74, 6) is 1.68. The third kappa shape index (κ3) is 3.13. The zero-order chi connectivity index (χ0) is 12.1. The molecule has 0 unspecified atom stereocenters. The summed E-state index contributed by atoms with van der Waals surface area (Å²) in [6.07, 6.45) is 3.53. The smallest absolute Gasteiger partial charge is 0.161 e. The van der Waals surface area contributed by atoms with Crippen molar-refractivity contribution in [2.75, 3.05) is 19.8 Å². The van der Waals surface area contributed by atoms with Gasteiger partial charge in [0.15, 0.2) is 11.5 Å². The average molecular weight is 235 g/mol. The van der Waals surface area contributed by atoms with Crippen LogP contribution >= 0.6 is 0 Å². The van der Waals surface area contributed by atoms with Crippen molar-refractivity contribution in [2.24, 2.45) is 11.1 Å². The van der Waals surface area contributed by atoms with Crippen LogP contribution in [0, 0.1) is 5.41 Å². The minimum atomic E-state index is 0.341. The van der Waals surface area contributed by atoms with Gasteiger partial charge in [0, 0.05) is 5.41 Å². The van der Waals surface area contributed by atoms with Crippen molar-refractivity contribution >= 4 is 0 Å². The Hall–Kier alpha value is -1.22. The molecule has 0 aliphatic heterocycles. The van der Waals surface area contributed by atoms with Crippen LogP contribution in [0.5, 0.6) is 11.5 Å². The molecular weight excluding hydrogens is 214 g/mol. The summed E-state index contributed by atoms with van der Waals surface area (Å²) in [4.78, 5) is 0. The van der Waals surface area contributed by atoms with E-state index in [0.717, 1.165) is 31.1 Å². The first-order chi connectivity index (χ1) is 8.29. The highest BCUT2D eigenvalue weighted by Gasteiger charge is 2.42. The van der Waals surface area contributed by atoms with Gasteiger partial charge in [-0.15, -0.1) is 0 Å². The highest BCUT2D eigenvalue weighted by molar-refractivity contribution is 5.39. The first-order valence-electron chi connectivity index (χ1n) is 6.34. The summed E-state index contributed by atoms with van der Waals surface area (Å²) < 4.78 is 11.4. The van der Waals surface area contributed by atoms with Crippen molar-refractivity contribution < 1.29 is 9.47 Å². The summed E-state index contributed by atoms with van der Waals surface area (Å²) in [6.45, 7) is 4.15. The molecular formula is C14H21NO2. The second-order valence-electron chi connectivity index (χ2n) is 4.71. The molecule has 1 aromatic carbocycles. The normalized spacial score (nSPS) is 16.6. The monoisotopic (exact) mass is 235 g/mol. The molecule has 0 amide bonds. The lowest BCUT2D eigenvalue weighted by Crippen LogP contribution is -2.17. The van der Waals surface area contributed by atoms with E-state index in [1.807, 2.05) is 31.2 Å². The van der Waals surface area contributed by atoms with Gasteiger partial charge < -0.3 is 15.2 Å². The van der Waals surface area contributed by atoms with Crippen LogP contribution in [0.1, 0.15) is 26.2 Å². The van der Waals surface area contributed by atoms with E-state index in [0.29, 0.717) is 12.0 Å². The average Bonchev–Trinajstić information content (AvgIpc) is 3.09. The molecule has 1 aliphatic carbocycles. The van der Waals surface area contributed by atoms with Crippen molar-refractivity contribution in [1.29, 1.82) is 0 Å². The molecule has 1 aromatic rings. The highest BCUT2D eigenvalue weighted by Crippen LogP contribution is 2.49. The van der Waals surface area contributed by atoms with Gasteiger partial charge in [0.05, 0.1) is 13.2 Å². The zero-order valence-corrected chi connectivity index (χ0v) is 10.4. The Morgan fingerprint density at radius 1 is 1.18 bits per heavy atom. The lowest BCUT2D eigenvalue weighted by molar-refractivity contribution is 0.214. The SMILES string of the molecule is CCOc1ccccc1OCC1(CCN)CC1. The molecule has 1 saturated carbocycles. The standard InChI is InChI=1S/C14H21NO2/c1-2-16-12-5-3-4-6-13(12)17-11-14(7-8-14)9-10-15/h3-6H,2,7-11,15H2,1H3. The van der Waals surface area contributed by atoms with Gasteiger partial charge in [-0.1, -0.05) is 12.1 Å². The van der Waals surface area contributed by atoms with Crippen molar-refractivity contribution in [1.82, 2.24) is 0 Å². The molecule has 3 nitrogen and oxygen atoms in total. The molecule has 1 fully saturated rings. The van der Waals surface area contributed by atoms with Crippen molar-refractivity contribution in [3.8, 4) is 11.5 Å². The number of rotatable bonds is 7. The second-order valence-corrected chi connectivity index (χ2v) is 4.71. The third-order valence-electron chi connectivity index (χ3n) is 3.31. The van der Waals surface area contributed by atoms with Gasteiger partial charge in [0.1, 0.15) is 0 Å². The molecule has 0 atom stereocenters. The molecule has 2 N–H and O–H groups in total. The fourth-order valence-corrected chi connectivity index (χ4v) is 2.02. The van der Waals surface area contributed by atoms with Gasteiger partial charge in [-0.25, -0.2) is 0 Å². The Balaban J connectivity index is 1.94. The maximum atomic E-state index is 5.89. The van der Waals surface area contributed by atoms with Crippen LogP contribution < -0.4 is 15.2 Å². The lowest BCUT2D eigenvalue weighted by Gasteiger charge is -2.17. The summed E-state index contributed by atoms with van der Waals surface area (Å²) >= 11 is 0. The van der Waals surface area contributed by atoms with Crippen molar-refractivity contribution in [2.45, 2.75) is 26.2 Å². The van der Waals surface area contributed by atoms with E-state index in [1.165, 1.54) is 12.8 Å². The number of ether oxygens (including phenoxy) is 2. The third-order valence-corrected chi connectivity index (χ3v) is 3.31. The van der Waals surface area contributed by atoms with Gasteiger partial charge in [-0.05, 0) is 44.9 Å². The lowest BCUT2D eigenvalue weighted by atomic mass is 10.0. The predicted molar refractivity (Wildman–Crippen MR) is 68.4 cm³/mol. The Labute approximate surface area is 103 Å². The summed E-state index contributed by atoms with van der Waals surface area (Å²) in [6, 6.07) is 7.84. The van der Waals surface area contributed by atoms with E-state index in [2.05, 4.69) is 0 Å². The maximum Gasteiger partial charge on any atom is 0.161 e. The first kappa shape index (κ1) is 12.2. The van der Waals surface area contributed by atoms with Crippen LogP contribution in [0.4, 0.5) is 0 Å². The van der Waals surface area contributed by atoms with Crippen molar-refractivity contribution in [3.05, 3.63) is 24.3 Å². The summed E-state index contributed by atoms with van der Waals surface area (Å²) in [7, 11) is 0. The second kappa shape index (κ2) is 5.41. The van der Waals surface area contributed by atoms with Gasteiger partial charge in [0.25, 0.3) is 0 Å². The predicted octanol–water partition coefficient (Wildman–Crippen LogP) is 2.59. The number of para-hydroxylation sites is 2. The van der Waals surface area contributed by atoms with Crippen LogP contribution in [-0.2, 0) is 0 Å². The molecule has 0 radical (unpaired) electrons. The number of hydrogen-bond donors (Lipinski definition) is 1. The van der Waals surface area contributed by atoms with E-state index >= 15 is 0 Å². The fourth-order valence-electron chi connectivity index (χ4n) is 2.02. The van der Waals surface area contributed by atoms with Crippen LogP contribution in [0.25, 0.3) is 0 Å². The summed E-state index contributed by atoms with van der Waals surface area (Å²) in [5.41, 5.74) is 5.96. The quantitative estimate of drug-likeness (QED) is 0.790. The van der Waals surface area contributed by atoms with E-state index in [1.54, 1.807) is 0 Å². The van der Waals surface area contributed by atoms with Crippen LogP contribution in [0.3, 0.4) is 0 Å². The maximum absolute atomic E-state index is 5.89. The van der Waals surface area contributed by atoms with Crippen molar-refractivity contribution in [3.63, 3.8) is 0 Å². The highest BCUT2D eigenvalue weighted by atomic mass is 16.5. The topological polar surface area (TPSA) is 44.5 Å². The fraction of sp³-hybridized carbons (Fsp3) is 0.571. The van der Waals surface area contributed by atoms with Gasteiger partial charge in [-0.2, -0.15) is 0 Å². The minimum Gasteiger partial charge on any atom is -0.490 e. The largest absolute Gasteiger partial charge is 0.490 e. The zero-order valence-electron chi connectivity index (χ0n) is 10.4. The molecule has 94 valence electrons. The first-order valence-corrected chi connectivity index (χ1v) is 6.34. The molecule has 0 spiro atoms. The van der Waals surface area contributed by atoms with Gasteiger partial charge in [-0.3, -0.25) is 0 Å². The van der Waals surface area contributed by atoms with Crippen LogP contribution in [0.2, 0.25) is 0 Å². The molecule has 0 bridgehead atoms. The molecule has 0 heterocycles. The van der Waals surface area contributed by atoms with E-state index in [-0.39, 0.29) is 0 Å². The molecule has 0 saturated heterocycles. The van der Waals surface area contributed by atoms with Crippen LogP contribution in [0.15, 0.2) is 24.3 Å². The Morgan fingerprint density at radius 2 is 1.82 bits per heavy atom. The summed E-state index contributed by atoms with van der Waals surface area (Å²) in [5, 5.41) is 0. The molecule has 17 heavy (non-hydrogen) atoms.